The molecule has 0 radical (unpaired) electrons. The van der Waals surface area contributed by atoms with Crippen LogP contribution in [0.3, 0.4) is 0 Å². The molecule has 0 spiro atoms. The summed E-state index contributed by atoms with van der Waals surface area (Å²) in [4.78, 5) is 26.6. The Morgan fingerprint density at radius 2 is 1.42 bits per heavy atom. The van der Waals surface area contributed by atoms with Crippen molar-refractivity contribution >= 4 is 30.5 Å². The zero-order valence-electron chi connectivity index (χ0n) is 22.4. The molecule has 0 aliphatic heterocycles. The molecular formula is C30H40N2O3Si. The van der Waals surface area contributed by atoms with Gasteiger partial charge >= 0.3 is 6.09 Å². The van der Waals surface area contributed by atoms with Crippen LogP contribution in [0.5, 0.6) is 0 Å². The summed E-state index contributed by atoms with van der Waals surface area (Å²) in [5, 5.41) is 1.64. The lowest BCUT2D eigenvalue weighted by atomic mass is 9.97. The summed E-state index contributed by atoms with van der Waals surface area (Å²) in [6, 6.07) is 26.0. The molecule has 0 atom stereocenters. The summed E-state index contributed by atoms with van der Waals surface area (Å²) in [5.74, 6) is 0. The van der Waals surface area contributed by atoms with Crippen molar-refractivity contribution in [1.29, 1.82) is 0 Å². The highest BCUT2D eigenvalue weighted by Crippen LogP contribution is 2.40. The first-order valence-corrected chi connectivity index (χ1v) is 14.4. The second-order valence-corrected chi connectivity index (χ2v) is 15.1. The van der Waals surface area contributed by atoms with Crippen LogP contribution in [0.1, 0.15) is 52.2 Å². The van der Waals surface area contributed by atoms with Gasteiger partial charge in [0, 0.05) is 19.3 Å². The van der Waals surface area contributed by atoms with Crippen molar-refractivity contribution in [2.24, 2.45) is 0 Å². The predicted octanol–water partition coefficient (Wildman–Crippen LogP) is 5.10. The van der Waals surface area contributed by atoms with Gasteiger partial charge in [0.2, 0.25) is 0 Å². The number of rotatable bonds is 8. The Kier molecular flexibility index (Phi) is 8.32. The monoisotopic (exact) mass is 504 g/mol. The van der Waals surface area contributed by atoms with Crippen LogP contribution in [0.25, 0.3) is 0 Å². The number of benzene rings is 3. The zero-order valence-corrected chi connectivity index (χ0v) is 23.4. The smallest absolute Gasteiger partial charge is 0.410 e. The third kappa shape index (κ3) is 6.36. The second kappa shape index (κ2) is 10.9. The first kappa shape index (κ1) is 27.5. The lowest BCUT2D eigenvalue weighted by molar-refractivity contribution is 0.0284. The quantitative estimate of drug-likeness (QED) is 0.331. The molecule has 0 bridgehead atoms. The van der Waals surface area contributed by atoms with E-state index in [0.717, 1.165) is 34.3 Å². The topological polar surface area (TPSA) is 75.8 Å². The summed E-state index contributed by atoms with van der Waals surface area (Å²) in [5.41, 5.74) is 8.32. The Morgan fingerprint density at radius 1 is 0.889 bits per heavy atom. The average Bonchev–Trinajstić information content (AvgIpc) is 2.83. The van der Waals surface area contributed by atoms with E-state index in [-0.39, 0.29) is 11.1 Å². The normalized spacial score (nSPS) is 12.3. The van der Waals surface area contributed by atoms with Crippen LogP contribution in [0, 0.1) is 0 Å². The van der Waals surface area contributed by atoms with E-state index in [4.69, 9.17) is 10.5 Å². The van der Waals surface area contributed by atoms with E-state index in [2.05, 4.69) is 13.8 Å². The van der Waals surface area contributed by atoms with Crippen LogP contribution in [0.4, 0.5) is 10.5 Å². The Labute approximate surface area is 217 Å². The molecule has 0 aliphatic carbocycles. The number of nitrogens with zero attached hydrogens (tertiary/aromatic N) is 1. The number of hydrogen-bond donors (Lipinski definition) is 2. The lowest BCUT2D eigenvalue weighted by Crippen LogP contribution is -2.65. The van der Waals surface area contributed by atoms with Crippen molar-refractivity contribution in [3.63, 3.8) is 0 Å². The number of nitrogen functional groups attached to an aromatic ring is 1. The standard InChI is InChI=1S/C30H40N2O3Si/c1-29(2,3)35-28(33)32(6)22-24-21-25(31)18-17-23(24)19-20-30(4,5)36(34,26-13-9-7-10-14-26)27-15-11-8-12-16-27/h7-18,21,34H,19-20,22,31H2,1-6H3. The lowest BCUT2D eigenvalue weighted by Gasteiger charge is -2.41. The second-order valence-electron chi connectivity index (χ2n) is 11.2. The van der Waals surface area contributed by atoms with Crippen LogP contribution in [0.15, 0.2) is 78.9 Å². The maximum atomic E-state index is 12.6. The molecule has 5 nitrogen and oxygen atoms in total. The highest BCUT2D eigenvalue weighted by Gasteiger charge is 2.49. The van der Waals surface area contributed by atoms with Gasteiger partial charge in [-0.2, -0.15) is 0 Å². The van der Waals surface area contributed by atoms with E-state index in [0.29, 0.717) is 12.2 Å². The minimum absolute atomic E-state index is 0.369. The van der Waals surface area contributed by atoms with Crippen LogP contribution >= 0.6 is 0 Å². The van der Waals surface area contributed by atoms with Gasteiger partial charge in [-0.15, -0.1) is 0 Å². The highest BCUT2D eigenvalue weighted by molar-refractivity contribution is 6.98. The molecule has 0 saturated heterocycles. The highest BCUT2D eigenvalue weighted by atomic mass is 28.4. The van der Waals surface area contributed by atoms with Gasteiger partial charge < -0.3 is 20.2 Å². The van der Waals surface area contributed by atoms with Crippen molar-refractivity contribution < 1.29 is 14.3 Å². The van der Waals surface area contributed by atoms with Crippen molar-refractivity contribution in [1.82, 2.24) is 4.90 Å². The Hall–Kier alpha value is -3.09. The Morgan fingerprint density at radius 3 is 1.92 bits per heavy atom. The van der Waals surface area contributed by atoms with E-state index < -0.39 is 13.9 Å². The van der Waals surface area contributed by atoms with Crippen molar-refractivity contribution in [3.8, 4) is 0 Å². The van der Waals surface area contributed by atoms with Gasteiger partial charge in [-0.05, 0) is 72.3 Å². The first-order valence-electron chi connectivity index (χ1n) is 12.5. The minimum atomic E-state index is -3.10. The molecule has 0 aromatic heterocycles. The SMILES string of the molecule is CN(Cc1cc(N)ccc1CCC(C)(C)[Si](O)(c1ccccc1)c1ccccc1)C(=O)OC(C)(C)C. The van der Waals surface area contributed by atoms with Gasteiger partial charge in [0.1, 0.15) is 5.60 Å². The molecule has 192 valence electrons. The molecule has 3 rings (SSSR count). The van der Waals surface area contributed by atoms with E-state index in [1.807, 2.05) is 99.6 Å². The van der Waals surface area contributed by atoms with Gasteiger partial charge in [0.05, 0.1) is 0 Å². The van der Waals surface area contributed by atoms with Crippen molar-refractivity contribution in [2.45, 2.75) is 64.6 Å². The summed E-state index contributed by atoms with van der Waals surface area (Å²) < 4.78 is 5.53. The fraction of sp³-hybridized carbons (Fsp3) is 0.367. The van der Waals surface area contributed by atoms with Crippen LogP contribution in [-0.2, 0) is 17.7 Å². The number of aryl methyl sites for hydroxylation is 1. The molecule has 0 heterocycles. The minimum Gasteiger partial charge on any atom is -0.444 e. The third-order valence-electron chi connectivity index (χ3n) is 6.72. The molecule has 3 N–H and O–H groups in total. The fourth-order valence-electron chi connectivity index (χ4n) is 4.63. The number of ether oxygens (including phenoxy) is 1. The van der Waals surface area contributed by atoms with Crippen LogP contribution in [0.2, 0.25) is 5.04 Å². The van der Waals surface area contributed by atoms with Crippen LogP contribution < -0.4 is 16.1 Å². The van der Waals surface area contributed by atoms with E-state index in [1.54, 1.807) is 11.9 Å². The van der Waals surface area contributed by atoms with Gasteiger partial charge in [-0.1, -0.05) is 80.6 Å². The van der Waals surface area contributed by atoms with Gasteiger partial charge in [-0.3, -0.25) is 0 Å². The number of carbonyl (C=O) groups is 1. The number of carbonyl (C=O) groups excluding carboxylic acids is 1. The zero-order chi connectivity index (χ0) is 26.6. The molecule has 0 aliphatic rings. The van der Waals surface area contributed by atoms with E-state index in [1.165, 1.54) is 0 Å². The summed E-state index contributed by atoms with van der Waals surface area (Å²) in [6.45, 7) is 10.3. The number of nitrogens with two attached hydrogens (primary N) is 1. The number of anilines is 1. The van der Waals surface area contributed by atoms with Gasteiger partial charge in [0.25, 0.3) is 8.32 Å². The largest absolute Gasteiger partial charge is 0.444 e. The number of amides is 1. The van der Waals surface area contributed by atoms with Crippen LogP contribution in [-0.4, -0.2) is 36.8 Å². The molecular weight excluding hydrogens is 464 g/mol. The molecule has 6 heteroatoms. The molecule has 0 fully saturated rings. The maximum absolute atomic E-state index is 12.6. The maximum Gasteiger partial charge on any atom is 0.410 e. The Balaban J connectivity index is 1.88. The molecule has 1 amide bonds. The molecule has 0 saturated carbocycles. The molecule has 36 heavy (non-hydrogen) atoms. The number of hydrogen-bond acceptors (Lipinski definition) is 4. The first-order chi connectivity index (χ1) is 16.8. The molecule has 0 unspecified atom stereocenters. The summed E-state index contributed by atoms with van der Waals surface area (Å²) in [6.07, 6.45) is 1.15. The van der Waals surface area contributed by atoms with Gasteiger partial charge in [0.15, 0.2) is 0 Å². The summed E-state index contributed by atoms with van der Waals surface area (Å²) >= 11 is 0. The average molecular weight is 505 g/mol. The fourth-order valence-corrected chi connectivity index (χ4v) is 8.36. The predicted molar refractivity (Wildman–Crippen MR) is 151 cm³/mol. The third-order valence-corrected chi connectivity index (χ3v) is 11.3. The van der Waals surface area contributed by atoms with Crippen molar-refractivity contribution in [2.75, 3.05) is 12.8 Å². The molecule has 3 aromatic carbocycles. The Bertz CT molecular complexity index is 1120. The van der Waals surface area contributed by atoms with Crippen molar-refractivity contribution in [3.05, 3.63) is 90.0 Å². The molecule has 3 aromatic rings. The summed E-state index contributed by atoms with van der Waals surface area (Å²) in [7, 11) is -1.36. The van der Waals surface area contributed by atoms with E-state index >= 15 is 0 Å². The van der Waals surface area contributed by atoms with Gasteiger partial charge in [-0.25, -0.2) is 4.79 Å². The van der Waals surface area contributed by atoms with E-state index in [9.17, 15) is 9.59 Å².